The molecule has 6 heteroatoms. The Hall–Kier alpha value is -0.980. The molecule has 2 atom stereocenters. The summed E-state index contributed by atoms with van der Waals surface area (Å²) >= 11 is 1.23. The van der Waals surface area contributed by atoms with Crippen LogP contribution in [-0.2, 0) is 6.54 Å². The van der Waals surface area contributed by atoms with Crippen LogP contribution in [0.25, 0.3) is 0 Å². The highest BCUT2D eigenvalue weighted by Crippen LogP contribution is 2.25. The molecule has 0 spiro atoms. The van der Waals surface area contributed by atoms with Gasteiger partial charge in [-0.25, -0.2) is 0 Å². The highest BCUT2D eigenvalue weighted by molar-refractivity contribution is 7.13. The first-order valence-corrected chi connectivity index (χ1v) is 7.29. The summed E-state index contributed by atoms with van der Waals surface area (Å²) in [5.74, 6) is 0. The van der Waals surface area contributed by atoms with Crippen molar-refractivity contribution < 1.29 is 4.92 Å². The smallest absolute Gasteiger partial charge is 0.310 e. The molecule has 3 heterocycles. The third kappa shape index (κ3) is 2.55. The van der Waals surface area contributed by atoms with E-state index in [1.54, 1.807) is 6.07 Å². The van der Waals surface area contributed by atoms with Gasteiger partial charge in [0.25, 0.3) is 0 Å². The number of thiophene rings is 1. The van der Waals surface area contributed by atoms with E-state index in [4.69, 9.17) is 0 Å². The summed E-state index contributed by atoms with van der Waals surface area (Å²) in [6, 6.07) is 3.02. The second-order valence-electron chi connectivity index (χ2n) is 5.21. The van der Waals surface area contributed by atoms with E-state index < -0.39 is 0 Å². The number of nitrogens with zero attached hydrogens (tertiary/aromatic N) is 2. The molecule has 2 fully saturated rings. The molecule has 2 unspecified atom stereocenters. The van der Waals surface area contributed by atoms with Gasteiger partial charge in [0.1, 0.15) is 0 Å². The van der Waals surface area contributed by atoms with Crippen LogP contribution in [0, 0.1) is 10.1 Å². The Morgan fingerprint density at radius 3 is 3.06 bits per heavy atom. The lowest BCUT2D eigenvalue weighted by molar-refractivity contribution is -0.380. The molecule has 0 aromatic carbocycles. The zero-order valence-electron chi connectivity index (χ0n) is 10.2. The maximum atomic E-state index is 10.7. The van der Waals surface area contributed by atoms with Crippen LogP contribution in [0.15, 0.2) is 11.4 Å². The van der Waals surface area contributed by atoms with Crippen LogP contribution in [0.4, 0.5) is 5.00 Å². The van der Waals surface area contributed by atoms with Crippen LogP contribution in [0.2, 0.25) is 0 Å². The molecular weight excluding hydrogens is 250 g/mol. The Morgan fingerprint density at radius 1 is 1.44 bits per heavy atom. The van der Waals surface area contributed by atoms with E-state index >= 15 is 0 Å². The van der Waals surface area contributed by atoms with E-state index in [1.165, 1.54) is 30.6 Å². The Morgan fingerprint density at radius 2 is 2.28 bits per heavy atom. The Bertz CT molecular complexity index is 448. The molecule has 2 bridgehead atoms. The first-order chi connectivity index (χ1) is 8.70. The summed E-state index contributed by atoms with van der Waals surface area (Å²) in [7, 11) is 0. The molecule has 2 aliphatic rings. The fraction of sp³-hybridized carbons (Fsp3) is 0.667. The minimum absolute atomic E-state index is 0.250. The number of fused-ring (bicyclic) bond motifs is 2. The average Bonchev–Trinajstić information content (AvgIpc) is 2.89. The molecule has 0 aliphatic carbocycles. The lowest BCUT2D eigenvalue weighted by Gasteiger charge is -2.23. The van der Waals surface area contributed by atoms with Gasteiger partial charge >= 0.3 is 5.00 Å². The highest BCUT2D eigenvalue weighted by atomic mass is 32.1. The third-order valence-electron chi connectivity index (χ3n) is 3.83. The minimum atomic E-state index is -0.305. The van der Waals surface area contributed by atoms with E-state index in [2.05, 4.69) is 10.2 Å². The van der Waals surface area contributed by atoms with Crippen LogP contribution in [0.3, 0.4) is 0 Å². The van der Waals surface area contributed by atoms with Gasteiger partial charge in [-0.05, 0) is 24.8 Å². The van der Waals surface area contributed by atoms with Crippen molar-refractivity contribution in [2.45, 2.75) is 37.9 Å². The molecule has 2 aliphatic heterocycles. The van der Waals surface area contributed by atoms with Crippen molar-refractivity contribution in [1.29, 1.82) is 0 Å². The molecule has 5 nitrogen and oxygen atoms in total. The normalized spacial score (nSPS) is 28.2. The van der Waals surface area contributed by atoms with Crippen molar-refractivity contribution in [1.82, 2.24) is 10.2 Å². The maximum absolute atomic E-state index is 10.7. The van der Waals surface area contributed by atoms with Gasteiger partial charge in [-0.2, -0.15) is 0 Å². The zero-order chi connectivity index (χ0) is 12.5. The monoisotopic (exact) mass is 267 g/mol. The predicted octanol–water partition coefficient (Wildman–Crippen LogP) is 1.98. The predicted molar refractivity (Wildman–Crippen MR) is 70.8 cm³/mol. The minimum Gasteiger partial charge on any atom is -0.310 e. The van der Waals surface area contributed by atoms with Gasteiger partial charge in [-0.3, -0.25) is 15.0 Å². The van der Waals surface area contributed by atoms with Gasteiger partial charge in [0, 0.05) is 43.2 Å². The van der Waals surface area contributed by atoms with E-state index in [0.717, 1.165) is 25.2 Å². The lowest BCUT2D eigenvalue weighted by atomic mass is 10.1. The van der Waals surface area contributed by atoms with Crippen molar-refractivity contribution in [3.05, 3.63) is 27.1 Å². The van der Waals surface area contributed by atoms with Gasteiger partial charge < -0.3 is 5.32 Å². The molecule has 18 heavy (non-hydrogen) atoms. The molecule has 3 rings (SSSR count). The fourth-order valence-corrected chi connectivity index (χ4v) is 3.68. The second kappa shape index (κ2) is 4.95. The van der Waals surface area contributed by atoms with Crippen molar-refractivity contribution in [3.8, 4) is 0 Å². The second-order valence-corrected chi connectivity index (χ2v) is 6.10. The van der Waals surface area contributed by atoms with Crippen molar-refractivity contribution in [3.63, 3.8) is 0 Å². The molecule has 0 amide bonds. The number of nitrogens with one attached hydrogen (secondary N) is 1. The van der Waals surface area contributed by atoms with Gasteiger partial charge in [-0.15, -0.1) is 0 Å². The van der Waals surface area contributed by atoms with E-state index in [0.29, 0.717) is 12.1 Å². The zero-order valence-corrected chi connectivity index (χ0v) is 11.0. The van der Waals surface area contributed by atoms with Crippen molar-refractivity contribution >= 4 is 16.3 Å². The quantitative estimate of drug-likeness (QED) is 0.672. The Balaban J connectivity index is 1.63. The van der Waals surface area contributed by atoms with Gasteiger partial charge in [0.05, 0.1) is 4.92 Å². The van der Waals surface area contributed by atoms with Crippen LogP contribution < -0.4 is 5.32 Å². The summed E-state index contributed by atoms with van der Waals surface area (Å²) in [5, 5.41) is 16.5. The topological polar surface area (TPSA) is 58.4 Å². The third-order valence-corrected chi connectivity index (χ3v) is 4.76. The first kappa shape index (κ1) is 12.1. The Kier molecular flexibility index (Phi) is 3.32. The molecule has 1 N–H and O–H groups in total. The number of hydrogen-bond acceptors (Lipinski definition) is 5. The van der Waals surface area contributed by atoms with Crippen LogP contribution in [0.5, 0.6) is 0 Å². The first-order valence-electron chi connectivity index (χ1n) is 6.41. The molecular formula is C12H17N3O2S. The van der Waals surface area contributed by atoms with Crippen LogP contribution in [-0.4, -0.2) is 35.0 Å². The van der Waals surface area contributed by atoms with Gasteiger partial charge in [0.2, 0.25) is 0 Å². The molecule has 0 radical (unpaired) electrons. The summed E-state index contributed by atoms with van der Waals surface area (Å²) in [5.41, 5.74) is 1.07. The molecule has 1 aromatic rings. The van der Waals surface area contributed by atoms with Crippen molar-refractivity contribution in [2.75, 3.05) is 13.1 Å². The number of rotatable bonds is 3. The Labute approximate surface area is 110 Å². The van der Waals surface area contributed by atoms with E-state index in [-0.39, 0.29) is 9.92 Å². The summed E-state index contributed by atoms with van der Waals surface area (Å²) in [4.78, 5) is 12.8. The van der Waals surface area contributed by atoms with Crippen LogP contribution >= 0.6 is 11.3 Å². The molecule has 1 aromatic heterocycles. The summed E-state index contributed by atoms with van der Waals surface area (Å²) < 4.78 is 0. The number of hydrogen-bond donors (Lipinski definition) is 1. The highest BCUT2D eigenvalue weighted by Gasteiger charge is 2.29. The SMILES string of the molecule is O=[N+]([O-])c1cc(CN2CCC3CCC(C2)N3)cs1. The fourth-order valence-electron chi connectivity index (χ4n) is 2.96. The maximum Gasteiger partial charge on any atom is 0.324 e. The largest absolute Gasteiger partial charge is 0.324 e. The molecule has 2 saturated heterocycles. The van der Waals surface area contributed by atoms with Gasteiger partial charge in [0.15, 0.2) is 0 Å². The van der Waals surface area contributed by atoms with E-state index in [9.17, 15) is 10.1 Å². The summed E-state index contributed by atoms with van der Waals surface area (Å²) in [6.07, 6.45) is 3.77. The average molecular weight is 267 g/mol. The number of likely N-dealkylation sites (tertiary alicyclic amines) is 1. The number of nitro groups is 1. The standard InChI is InChI=1S/C12H17N3O2S/c16-15(17)12-5-9(8-18-12)6-14-4-3-10-1-2-11(7-14)13-10/h5,8,10-11,13H,1-4,6-7H2. The molecule has 0 saturated carbocycles. The van der Waals surface area contributed by atoms with Crippen LogP contribution in [0.1, 0.15) is 24.8 Å². The summed E-state index contributed by atoms with van der Waals surface area (Å²) in [6.45, 7) is 3.01. The van der Waals surface area contributed by atoms with Crippen molar-refractivity contribution in [2.24, 2.45) is 0 Å². The lowest BCUT2D eigenvalue weighted by Crippen LogP contribution is -2.34. The van der Waals surface area contributed by atoms with E-state index in [1.807, 2.05) is 5.38 Å². The molecule has 98 valence electrons. The van der Waals surface area contributed by atoms with Gasteiger partial charge in [-0.1, -0.05) is 11.3 Å².